The first kappa shape index (κ1) is 43.1. The lowest BCUT2D eigenvalue weighted by Crippen LogP contribution is -2.43. The van der Waals surface area contributed by atoms with Gasteiger partial charge in [0.05, 0.1) is 31.8 Å². The fourth-order valence-corrected chi connectivity index (χ4v) is 9.00. The molecule has 6 heteroatoms. The summed E-state index contributed by atoms with van der Waals surface area (Å²) in [4.78, 5) is 5.19. The molecule has 1 heterocycles. The van der Waals surface area contributed by atoms with E-state index in [0.717, 1.165) is 44.5 Å². The molecule has 1 aromatic heterocycles. The number of hydrogen-bond donors (Lipinski definition) is 1. The molecule has 0 amide bonds. The highest BCUT2D eigenvalue weighted by atomic mass is 16.6. The van der Waals surface area contributed by atoms with Gasteiger partial charge in [-0.05, 0) is 44.5 Å². The Balaban J connectivity index is 1.17. The third kappa shape index (κ3) is 9.25. The highest BCUT2D eigenvalue weighted by Gasteiger charge is 2.43. The Morgan fingerprint density at radius 1 is 0.431 bits per heavy atom. The number of hydrogen-bond acceptors (Lipinski definition) is 5. The minimum absolute atomic E-state index is 0.105. The lowest BCUT2D eigenvalue weighted by Gasteiger charge is -2.38. The van der Waals surface area contributed by atoms with Crippen molar-refractivity contribution < 1.29 is 19.3 Å². The van der Waals surface area contributed by atoms with E-state index in [0.29, 0.717) is 5.69 Å². The molecule has 0 aliphatic carbocycles. The molecule has 0 fully saturated rings. The van der Waals surface area contributed by atoms with Crippen LogP contribution in [0.3, 0.4) is 0 Å². The van der Waals surface area contributed by atoms with Crippen LogP contribution in [-0.4, -0.2) is 33.5 Å². The second kappa shape index (κ2) is 20.5. The van der Waals surface area contributed by atoms with Crippen molar-refractivity contribution in [2.24, 2.45) is 0 Å². The van der Waals surface area contributed by atoms with E-state index >= 15 is 0 Å². The average molecular weight is 853 g/mol. The molecule has 3 atom stereocenters. The van der Waals surface area contributed by atoms with Crippen LogP contribution in [0.5, 0.6) is 0 Å². The Morgan fingerprint density at radius 3 is 1.15 bits per heavy atom. The van der Waals surface area contributed by atoms with Crippen molar-refractivity contribution in [3.05, 3.63) is 305 Å². The number of benzene rings is 8. The van der Waals surface area contributed by atoms with Crippen molar-refractivity contribution in [3.63, 3.8) is 0 Å². The third-order valence-electron chi connectivity index (χ3n) is 12.1. The summed E-state index contributed by atoms with van der Waals surface area (Å²) in [5, 5.41) is 12.9. The quantitative estimate of drug-likeness (QED) is 0.0821. The molecule has 65 heavy (non-hydrogen) atoms. The summed E-state index contributed by atoms with van der Waals surface area (Å²) in [5.41, 5.74) is 6.63. The fraction of sp³-hybridized carbons (Fsp3) is 0.136. The van der Waals surface area contributed by atoms with Crippen LogP contribution in [0.15, 0.2) is 255 Å². The molecule has 0 saturated heterocycles. The molecule has 8 aromatic carbocycles. The number of rotatable bonds is 19. The summed E-state index contributed by atoms with van der Waals surface area (Å²) < 4.78 is 23.3. The molecule has 322 valence electrons. The summed E-state index contributed by atoms with van der Waals surface area (Å²) in [5.74, 6) is 0. The first-order chi connectivity index (χ1) is 32.2. The smallest absolute Gasteiger partial charge is 0.143 e. The summed E-state index contributed by atoms with van der Waals surface area (Å²) in [6.07, 6.45) is 0.948. The van der Waals surface area contributed by atoms with E-state index in [1.54, 1.807) is 0 Å². The van der Waals surface area contributed by atoms with Crippen molar-refractivity contribution in [1.82, 2.24) is 9.55 Å². The lowest BCUT2D eigenvalue weighted by molar-refractivity contribution is -0.159. The highest BCUT2D eigenvalue weighted by Crippen LogP contribution is 2.43. The monoisotopic (exact) mass is 852 g/mol. The number of imidazole rings is 1. The van der Waals surface area contributed by atoms with Gasteiger partial charge in [-0.3, -0.25) is 0 Å². The van der Waals surface area contributed by atoms with Gasteiger partial charge in [0, 0.05) is 6.20 Å². The molecule has 6 nitrogen and oxygen atoms in total. The van der Waals surface area contributed by atoms with E-state index < -0.39 is 29.5 Å². The first-order valence-corrected chi connectivity index (χ1v) is 22.2. The molecule has 1 N–H and O–H groups in total. The number of aliphatic hydroxyl groups excluding tert-OH is 1. The molecule has 9 aromatic rings. The molecular formula is C59H52N2O4. The lowest BCUT2D eigenvalue weighted by atomic mass is 9.77. The van der Waals surface area contributed by atoms with Crippen molar-refractivity contribution in [1.29, 1.82) is 0 Å². The molecule has 0 radical (unpaired) electrons. The van der Waals surface area contributed by atoms with E-state index in [1.807, 2.05) is 140 Å². The molecule has 0 aliphatic heterocycles. The maximum absolute atomic E-state index is 12.9. The van der Waals surface area contributed by atoms with Crippen molar-refractivity contribution >= 4 is 0 Å². The van der Waals surface area contributed by atoms with Gasteiger partial charge < -0.3 is 23.9 Å². The van der Waals surface area contributed by atoms with Crippen LogP contribution < -0.4 is 0 Å². The van der Waals surface area contributed by atoms with Gasteiger partial charge in [-0.15, -0.1) is 0 Å². The second-order valence-electron chi connectivity index (χ2n) is 16.2. The zero-order chi connectivity index (χ0) is 44.2. The Hall–Kier alpha value is -7.19. The maximum Gasteiger partial charge on any atom is 0.143 e. The summed E-state index contributed by atoms with van der Waals surface area (Å²) >= 11 is 0. The van der Waals surface area contributed by atoms with Gasteiger partial charge in [-0.25, -0.2) is 4.98 Å². The average Bonchev–Trinajstić information content (AvgIpc) is 3.88. The van der Waals surface area contributed by atoms with Crippen LogP contribution in [0.2, 0.25) is 0 Å². The maximum atomic E-state index is 12.9. The zero-order valence-electron chi connectivity index (χ0n) is 36.2. The van der Waals surface area contributed by atoms with Gasteiger partial charge in [0.2, 0.25) is 0 Å². The van der Waals surface area contributed by atoms with Crippen LogP contribution in [0.4, 0.5) is 0 Å². The molecule has 9 rings (SSSR count). The number of aliphatic hydroxyl groups is 1. The summed E-state index contributed by atoms with van der Waals surface area (Å²) in [6, 6.07) is 82.2. The molecular weight excluding hydrogens is 801 g/mol. The van der Waals surface area contributed by atoms with E-state index in [1.165, 1.54) is 0 Å². The van der Waals surface area contributed by atoms with E-state index in [4.69, 9.17) is 19.2 Å². The van der Waals surface area contributed by atoms with Gasteiger partial charge in [-0.2, -0.15) is 0 Å². The van der Waals surface area contributed by atoms with Gasteiger partial charge >= 0.3 is 0 Å². The van der Waals surface area contributed by atoms with Crippen LogP contribution in [-0.2, 0) is 38.6 Å². The third-order valence-corrected chi connectivity index (χ3v) is 12.1. The van der Waals surface area contributed by atoms with Crippen LogP contribution in [0.1, 0.15) is 56.3 Å². The molecule has 0 spiro atoms. The Kier molecular flexibility index (Phi) is 13.6. The molecule has 0 bridgehead atoms. The van der Waals surface area contributed by atoms with Crippen LogP contribution in [0.25, 0.3) is 0 Å². The molecule has 0 saturated carbocycles. The van der Waals surface area contributed by atoms with Gasteiger partial charge in [0.1, 0.15) is 29.5 Å². The van der Waals surface area contributed by atoms with E-state index in [-0.39, 0.29) is 19.8 Å². The minimum Gasteiger partial charge on any atom is -0.388 e. The predicted octanol–water partition coefficient (Wildman–Crippen LogP) is 11.9. The molecule has 0 unspecified atom stereocenters. The minimum atomic E-state index is -1.19. The van der Waals surface area contributed by atoms with E-state index in [2.05, 4.69) is 120 Å². The van der Waals surface area contributed by atoms with Gasteiger partial charge in [0.25, 0.3) is 0 Å². The summed E-state index contributed by atoms with van der Waals surface area (Å²) in [7, 11) is 0. The van der Waals surface area contributed by atoms with Gasteiger partial charge in [-0.1, -0.05) is 243 Å². The van der Waals surface area contributed by atoms with Gasteiger partial charge in [0.15, 0.2) is 0 Å². The van der Waals surface area contributed by atoms with Crippen molar-refractivity contribution in [2.45, 2.75) is 42.7 Å². The fourth-order valence-electron chi connectivity index (χ4n) is 9.00. The first-order valence-electron chi connectivity index (χ1n) is 22.2. The number of nitrogens with zero attached hydrogens (tertiary/aromatic N) is 2. The molecule has 0 aliphatic rings. The normalized spacial score (nSPS) is 13.2. The van der Waals surface area contributed by atoms with Crippen molar-refractivity contribution in [3.8, 4) is 0 Å². The standard InChI is InChI=1S/C59H52N2O4/c62-55(44-65-59(51-35-19-6-20-36-51,52-37-21-7-22-38-52)53-39-23-8-24-40-53)57(64-43-47-27-11-2-12-28-47)56(63-42-46-25-9-1-10-26-46)54-41-61(45-60-54)58(48-29-13-3-14-30-48,49-31-15-4-16-32-49)50-33-17-5-18-34-50/h1-41,45,55-57,62H,42-44H2/t55-,56+,57+/m1/s1. The predicted molar refractivity (Wildman–Crippen MR) is 257 cm³/mol. The second-order valence-corrected chi connectivity index (χ2v) is 16.2. The Morgan fingerprint density at radius 2 is 0.769 bits per heavy atom. The Bertz CT molecular complexity index is 2580. The van der Waals surface area contributed by atoms with Crippen LogP contribution in [0, 0.1) is 0 Å². The highest BCUT2D eigenvalue weighted by molar-refractivity contribution is 5.51. The summed E-state index contributed by atoms with van der Waals surface area (Å²) in [6.45, 7) is 0.365. The Labute approximate surface area is 382 Å². The van der Waals surface area contributed by atoms with Crippen LogP contribution >= 0.6 is 0 Å². The zero-order valence-corrected chi connectivity index (χ0v) is 36.2. The number of ether oxygens (including phenoxy) is 3. The van der Waals surface area contributed by atoms with Crippen molar-refractivity contribution in [2.75, 3.05) is 6.61 Å². The topological polar surface area (TPSA) is 65.7 Å². The SMILES string of the molecule is O[C@H](COC(c1ccccc1)(c1ccccc1)c1ccccc1)[C@H](OCc1ccccc1)[C@@H](OCc1ccccc1)c1cn(C(c2ccccc2)(c2ccccc2)c2ccccc2)cn1. The van der Waals surface area contributed by atoms with E-state index in [9.17, 15) is 5.11 Å². The number of aromatic nitrogens is 2. The largest absolute Gasteiger partial charge is 0.388 e.